The molecule has 1 atom stereocenters. The minimum Gasteiger partial charge on any atom is -0.494 e. The van der Waals surface area contributed by atoms with E-state index in [0.717, 1.165) is 55.8 Å². The molecule has 40 heavy (non-hydrogen) atoms. The van der Waals surface area contributed by atoms with Crippen molar-refractivity contribution in [3.8, 4) is 16.9 Å². The maximum Gasteiger partial charge on any atom is 0.338 e. The van der Waals surface area contributed by atoms with Crippen LogP contribution in [0.4, 0.5) is 0 Å². The lowest BCUT2D eigenvalue weighted by atomic mass is 10.0. The summed E-state index contributed by atoms with van der Waals surface area (Å²) < 4.78 is 17.3. The molecule has 4 nitrogen and oxygen atoms in total. The van der Waals surface area contributed by atoms with Crippen LogP contribution >= 0.6 is 0 Å². The average Bonchev–Trinajstić information content (AvgIpc) is 2.98. The Labute approximate surface area is 245 Å². The number of hydrogen-bond donors (Lipinski definition) is 0. The van der Waals surface area contributed by atoms with E-state index in [0.29, 0.717) is 12.2 Å². The van der Waals surface area contributed by atoms with Gasteiger partial charge in [0, 0.05) is 6.61 Å². The zero-order valence-corrected chi connectivity index (χ0v) is 25.8. The van der Waals surface area contributed by atoms with E-state index in [1.54, 1.807) is 0 Å². The van der Waals surface area contributed by atoms with Gasteiger partial charge in [-0.15, -0.1) is 0 Å². The Morgan fingerprint density at radius 2 is 1.10 bits per heavy atom. The molecule has 224 valence electrons. The smallest absolute Gasteiger partial charge is 0.338 e. The number of esters is 1. The van der Waals surface area contributed by atoms with Crippen LogP contribution in [0, 0.1) is 0 Å². The maximum absolute atomic E-state index is 12.5. The first-order valence-corrected chi connectivity index (χ1v) is 16.3. The first-order chi connectivity index (χ1) is 19.6. The summed E-state index contributed by atoms with van der Waals surface area (Å²) in [5, 5.41) is 0. The number of carbonyl (C=O) groups excluding carboxylic acids is 1. The van der Waals surface area contributed by atoms with E-state index < -0.39 is 0 Å². The Bertz CT molecular complexity index is 875. The average molecular weight is 553 g/mol. The van der Waals surface area contributed by atoms with Gasteiger partial charge in [0.1, 0.15) is 5.75 Å². The van der Waals surface area contributed by atoms with Crippen LogP contribution in [0.15, 0.2) is 48.5 Å². The van der Waals surface area contributed by atoms with Crippen molar-refractivity contribution in [1.82, 2.24) is 0 Å². The summed E-state index contributed by atoms with van der Waals surface area (Å²) >= 11 is 0. The summed E-state index contributed by atoms with van der Waals surface area (Å²) in [5.74, 6) is 0.644. The quantitative estimate of drug-likeness (QED) is 0.0959. The normalized spacial score (nSPS) is 11.9. The molecule has 0 fully saturated rings. The second-order valence-corrected chi connectivity index (χ2v) is 11.2. The molecule has 0 saturated carbocycles. The fourth-order valence-electron chi connectivity index (χ4n) is 4.84. The number of ether oxygens (including phenoxy) is 3. The minimum absolute atomic E-state index is 0.204. The Morgan fingerprint density at radius 3 is 1.68 bits per heavy atom. The molecule has 0 radical (unpaired) electrons. The van der Waals surface area contributed by atoms with Crippen LogP contribution in [-0.2, 0) is 9.47 Å². The zero-order chi connectivity index (χ0) is 28.7. The van der Waals surface area contributed by atoms with Crippen molar-refractivity contribution in [3.63, 3.8) is 0 Å². The Balaban J connectivity index is 1.58. The van der Waals surface area contributed by atoms with Crippen LogP contribution in [-0.4, -0.2) is 31.9 Å². The maximum atomic E-state index is 12.5. The highest BCUT2D eigenvalue weighted by Gasteiger charge is 2.09. The van der Waals surface area contributed by atoms with Gasteiger partial charge in [0.15, 0.2) is 0 Å². The molecule has 0 N–H and O–H groups in total. The molecule has 1 unspecified atom stereocenters. The van der Waals surface area contributed by atoms with Crippen LogP contribution in [0.2, 0.25) is 0 Å². The number of hydrogen-bond acceptors (Lipinski definition) is 4. The molecule has 2 aromatic rings. The molecule has 0 heterocycles. The predicted octanol–water partition coefficient (Wildman–Crippen LogP) is 10.6. The monoisotopic (exact) mass is 552 g/mol. The van der Waals surface area contributed by atoms with Crippen LogP contribution in [0.25, 0.3) is 11.1 Å². The molecular weight excluding hydrogens is 496 g/mol. The summed E-state index contributed by atoms with van der Waals surface area (Å²) in [4.78, 5) is 12.5. The second kappa shape index (κ2) is 22.4. The lowest BCUT2D eigenvalue weighted by molar-refractivity contribution is 0.0381. The van der Waals surface area contributed by atoms with Gasteiger partial charge >= 0.3 is 5.97 Å². The van der Waals surface area contributed by atoms with Crippen molar-refractivity contribution < 1.29 is 19.0 Å². The van der Waals surface area contributed by atoms with E-state index in [1.165, 1.54) is 77.0 Å². The van der Waals surface area contributed by atoms with Crippen LogP contribution in [0.5, 0.6) is 5.75 Å². The molecule has 0 spiro atoms. The summed E-state index contributed by atoms with van der Waals surface area (Å²) in [7, 11) is 0. The number of unbranched alkanes of at least 4 members (excludes halogenated alkanes) is 12. The predicted molar refractivity (Wildman–Crippen MR) is 168 cm³/mol. The molecule has 0 aliphatic carbocycles. The van der Waals surface area contributed by atoms with Gasteiger partial charge in [-0.3, -0.25) is 0 Å². The van der Waals surface area contributed by atoms with Gasteiger partial charge in [0.2, 0.25) is 0 Å². The van der Waals surface area contributed by atoms with Gasteiger partial charge in [-0.2, -0.15) is 0 Å². The molecule has 0 saturated heterocycles. The minimum atomic E-state index is -0.267. The molecule has 0 bridgehead atoms. The summed E-state index contributed by atoms with van der Waals surface area (Å²) in [6.45, 7) is 8.63. The van der Waals surface area contributed by atoms with Crippen molar-refractivity contribution in [2.45, 2.75) is 130 Å². The summed E-state index contributed by atoms with van der Waals surface area (Å²) in [6.07, 6.45) is 20.0. The lowest BCUT2D eigenvalue weighted by Crippen LogP contribution is -2.12. The molecule has 0 amide bonds. The fourth-order valence-corrected chi connectivity index (χ4v) is 4.84. The van der Waals surface area contributed by atoms with E-state index in [2.05, 4.69) is 32.9 Å². The van der Waals surface area contributed by atoms with Crippen molar-refractivity contribution >= 4 is 5.97 Å². The third-order valence-corrected chi connectivity index (χ3v) is 7.46. The van der Waals surface area contributed by atoms with E-state index in [1.807, 2.05) is 36.4 Å². The molecule has 0 aliphatic rings. The second-order valence-electron chi connectivity index (χ2n) is 11.2. The highest BCUT2D eigenvalue weighted by molar-refractivity contribution is 5.90. The Hall–Kier alpha value is -2.33. The van der Waals surface area contributed by atoms with Crippen LogP contribution < -0.4 is 4.74 Å². The first kappa shape index (κ1) is 33.9. The summed E-state index contributed by atoms with van der Waals surface area (Å²) in [5.41, 5.74) is 2.76. The number of benzene rings is 2. The van der Waals surface area contributed by atoms with Gasteiger partial charge in [-0.1, -0.05) is 115 Å². The number of rotatable bonds is 24. The molecule has 2 rings (SSSR count). The molecule has 0 aliphatic heterocycles. The largest absolute Gasteiger partial charge is 0.494 e. The van der Waals surface area contributed by atoms with Crippen molar-refractivity contribution in [3.05, 3.63) is 54.1 Å². The fraction of sp³-hybridized carbons (Fsp3) is 0.639. The van der Waals surface area contributed by atoms with E-state index in [-0.39, 0.29) is 12.1 Å². The SMILES string of the molecule is CCCCCCCCCCOc1ccc(-c2ccc(C(=O)OCCCC(C)OCCCCCCCC)cc2)cc1. The Morgan fingerprint density at radius 1 is 0.600 bits per heavy atom. The van der Waals surface area contributed by atoms with Gasteiger partial charge < -0.3 is 14.2 Å². The van der Waals surface area contributed by atoms with Crippen LogP contribution in [0.3, 0.4) is 0 Å². The van der Waals surface area contributed by atoms with Crippen molar-refractivity contribution in [2.24, 2.45) is 0 Å². The lowest BCUT2D eigenvalue weighted by Gasteiger charge is -2.13. The molecule has 0 aromatic heterocycles. The highest BCUT2D eigenvalue weighted by Crippen LogP contribution is 2.23. The van der Waals surface area contributed by atoms with Gasteiger partial charge in [0.25, 0.3) is 0 Å². The van der Waals surface area contributed by atoms with E-state index >= 15 is 0 Å². The topological polar surface area (TPSA) is 44.8 Å². The molecular formula is C36H56O4. The third kappa shape index (κ3) is 15.5. The van der Waals surface area contributed by atoms with Crippen LogP contribution in [0.1, 0.15) is 134 Å². The number of carbonyl (C=O) groups is 1. The van der Waals surface area contributed by atoms with E-state index in [9.17, 15) is 4.79 Å². The highest BCUT2D eigenvalue weighted by atomic mass is 16.5. The van der Waals surface area contributed by atoms with Gasteiger partial charge in [0.05, 0.1) is 24.9 Å². The van der Waals surface area contributed by atoms with Gasteiger partial charge in [-0.25, -0.2) is 4.79 Å². The third-order valence-electron chi connectivity index (χ3n) is 7.46. The zero-order valence-electron chi connectivity index (χ0n) is 25.8. The molecule has 4 heteroatoms. The Kier molecular flexibility index (Phi) is 18.9. The first-order valence-electron chi connectivity index (χ1n) is 16.3. The van der Waals surface area contributed by atoms with Crippen molar-refractivity contribution in [2.75, 3.05) is 19.8 Å². The van der Waals surface area contributed by atoms with Crippen molar-refractivity contribution in [1.29, 1.82) is 0 Å². The van der Waals surface area contributed by atoms with E-state index in [4.69, 9.17) is 14.2 Å². The standard InChI is InChI=1S/C36H56O4/c1-4-6-8-10-12-13-15-17-29-39-35-26-24-33(25-27-35)32-20-22-34(23-21-32)36(37)40-30-18-19-31(3)38-28-16-14-11-9-7-5-2/h20-27,31H,4-19,28-30H2,1-3H3. The summed E-state index contributed by atoms with van der Waals surface area (Å²) in [6, 6.07) is 15.8. The molecule has 2 aromatic carbocycles. The van der Waals surface area contributed by atoms with Gasteiger partial charge in [-0.05, 0) is 68.0 Å².